The third kappa shape index (κ3) is 1.80. The minimum Gasteiger partial charge on any atom is -0.336 e. The second-order valence-electron chi connectivity index (χ2n) is 4.11. The van der Waals surface area contributed by atoms with Crippen LogP contribution >= 0.6 is 0 Å². The van der Waals surface area contributed by atoms with Crippen LogP contribution in [0.2, 0.25) is 0 Å². The van der Waals surface area contributed by atoms with Crippen molar-refractivity contribution in [3.05, 3.63) is 30.1 Å². The topological polar surface area (TPSA) is 59.2 Å². The lowest BCUT2D eigenvalue weighted by atomic mass is 9.94. The van der Waals surface area contributed by atoms with Gasteiger partial charge >= 0.3 is 0 Å². The molecule has 1 saturated heterocycles. The fourth-order valence-corrected chi connectivity index (χ4v) is 2.46. The monoisotopic (exact) mass is 219 g/mol. The maximum atomic E-state index is 11.8. The lowest BCUT2D eigenvalue weighted by Crippen LogP contribution is -2.30. The summed E-state index contributed by atoms with van der Waals surface area (Å²) in [5.74, 6) is 0.439. The second kappa shape index (κ2) is 4.61. The molecule has 86 valence electrons. The smallest absolute Gasteiger partial charge is 0.223 e. The van der Waals surface area contributed by atoms with Gasteiger partial charge in [-0.2, -0.15) is 0 Å². The maximum absolute atomic E-state index is 11.8. The molecule has 1 amide bonds. The molecule has 1 aromatic heterocycles. The van der Waals surface area contributed by atoms with Crippen LogP contribution in [-0.4, -0.2) is 28.9 Å². The number of hydrogen-bond donors (Lipinski definition) is 1. The van der Waals surface area contributed by atoms with Gasteiger partial charge in [-0.3, -0.25) is 9.78 Å². The summed E-state index contributed by atoms with van der Waals surface area (Å²) < 4.78 is 0. The molecule has 2 heterocycles. The lowest BCUT2D eigenvalue weighted by Gasteiger charge is -2.27. The van der Waals surface area contributed by atoms with Crippen molar-refractivity contribution < 1.29 is 4.79 Å². The Morgan fingerprint density at radius 1 is 1.50 bits per heavy atom. The third-order valence-electron chi connectivity index (χ3n) is 3.23. The number of nitrogens with zero attached hydrogens (tertiary/aromatic N) is 2. The Morgan fingerprint density at radius 3 is 2.75 bits per heavy atom. The van der Waals surface area contributed by atoms with Gasteiger partial charge in [0, 0.05) is 31.3 Å². The van der Waals surface area contributed by atoms with Gasteiger partial charge in [0.1, 0.15) is 0 Å². The van der Waals surface area contributed by atoms with Gasteiger partial charge in [-0.15, -0.1) is 0 Å². The highest BCUT2D eigenvalue weighted by Gasteiger charge is 2.38. The Labute approximate surface area is 95.5 Å². The quantitative estimate of drug-likeness (QED) is 0.823. The van der Waals surface area contributed by atoms with E-state index in [0.717, 1.165) is 12.1 Å². The zero-order valence-electron chi connectivity index (χ0n) is 9.47. The summed E-state index contributed by atoms with van der Waals surface area (Å²) in [6.45, 7) is 3.29. The summed E-state index contributed by atoms with van der Waals surface area (Å²) in [5.41, 5.74) is 6.88. The zero-order chi connectivity index (χ0) is 11.5. The highest BCUT2D eigenvalue weighted by molar-refractivity contribution is 5.79. The fraction of sp³-hybridized carbons (Fsp3) is 0.500. The van der Waals surface area contributed by atoms with Gasteiger partial charge in [0.15, 0.2) is 0 Å². The molecule has 2 unspecified atom stereocenters. The Hall–Kier alpha value is -1.42. The first-order valence-corrected chi connectivity index (χ1v) is 5.67. The second-order valence-corrected chi connectivity index (χ2v) is 4.11. The number of nitrogens with two attached hydrogens (primary N) is 1. The lowest BCUT2D eigenvalue weighted by molar-refractivity contribution is -0.128. The first-order valence-electron chi connectivity index (χ1n) is 5.67. The average molecular weight is 219 g/mol. The van der Waals surface area contributed by atoms with Crippen molar-refractivity contribution in [2.45, 2.75) is 19.4 Å². The van der Waals surface area contributed by atoms with Crippen LogP contribution in [0.4, 0.5) is 0 Å². The molecule has 0 radical (unpaired) electrons. The Bertz CT molecular complexity index is 366. The molecule has 4 heteroatoms. The molecule has 1 aliphatic heterocycles. The Morgan fingerprint density at radius 2 is 2.19 bits per heavy atom. The Balaban J connectivity index is 2.32. The van der Waals surface area contributed by atoms with Crippen molar-refractivity contribution in [2.24, 2.45) is 11.7 Å². The van der Waals surface area contributed by atoms with Crippen LogP contribution in [0.3, 0.4) is 0 Å². The van der Waals surface area contributed by atoms with Crippen molar-refractivity contribution >= 4 is 5.91 Å². The van der Waals surface area contributed by atoms with Crippen molar-refractivity contribution in [3.8, 4) is 0 Å². The third-order valence-corrected chi connectivity index (χ3v) is 3.23. The minimum atomic E-state index is 0.130. The molecule has 0 bridgehead atoms. The van der Waals surface area contributed by atoms with Gasteiger partial charge in [0.05, 0.1) is 6.04 Å². The molecular formula is C12H17N3O. The molecule has 0 saturated carbocycles. The number of carbonyl (C=O) groups is 1. The van der Waals surface area contributed by atoms with Crippen LogP contribution in [0.25, 0.3) is 0 Å². The van der Waals surface area contributed by atoms with Crippen molar-refractivity contribution in [3.63, 3.8) is 0 Å². The van der Waals surface area contributed by atoms with E-state index in [-0.39, 0.29) is 17.9 Å². The molecule has 2 atom stereocenters. The van der Waals surface area contributed by atoms with Crippen LogP contribution in [0, 0.1) is 5.92 Å². The molecule has 1 aliphatic rings. The van der Waals surface area contributed by atoms with E-state index in [4.69, 9.17) is 5.73 Å². The minimum absolute atomic E-state index is 0.130. The normalized spacial score (nSPS) is 25.1. The van der Waals surface area contributed by atoms with Gasteiger partial charge in [0.2, 0.25) is 5.91 Å². The van der Waals surface area contributed by atoms with Crippen LogP contribution in [0.1, 0.15) is 24.9 Å². The van der Waals surface area contributed by atoms with Gasteiger partial charge in [0.25, 0.3) is 0 Å². The van der Waals surface area contributed by atoms with Crippen molar-refractivity contribution in [1.82, 2.24) is 9.88 Å². The number of carbonyl (C=O) groups excluding carboxylic acids is 1. The molecule has 0 spiro atoms. The summed E-state index contributed by atoms with van der Waals surface area (Å²) in [6, 6.07) is 4.06. The summed E-state index contributed by atoms with van der Waals surface area (Å²) in [4.78, 5) is 17.7. The molecule has 4 nitrogen and oxygen atoms in total. The van der Waals surface area contributed by atoms with Crippen LogP contribution < -0.4 is 5.73 Å². The highest BCUT2D eigenvalue weighted by Crippen LogP contribution is 2.36. The van der Waals surface area contributed by atoms with E-state index in [0.29, 0.717) is 13.0 Å². The maximum Gasteiger partial charge on any atom is 0.223 e. The largest absolute Gasteiger partial charge is 0.336 e. The van der Waals surface area contributed by atoms with E-state index in [1.54, 1.807) is 12.4 Å². The van der Waals surface area contributed by atoms with E-state index >= 15 is 0 Å². The van der Waals surface area contributed by atoms with E-state index < -0.39 is 0 Å². The fourth-order valence-electron chi connectivity index (χ4n) is 2.46. The summed E-state index contributed by atoms with van der Waals surface area (Å²) in [6.07, 6.45) is 4.09. The van der Waals surface area contributed by atoms with Gasteiger partial charge in [-0.25, -0.2) is 0 Å². The van der Waals surface area contributed by atoms with E-state index in [9.17, 15) is 4.79 Å². The predicted molar refractivity (Wildman–Crippen MR) is 61.5 cm³/mol. The summed E-state index contributed by atoms with van der Waals surface area (Å²) in [5, 5.41) is 0. The molecule has 0 aliphatic carbocycles. The molecule has 16 heavy (non-hydrogen) atoms. The molecule has 1 fully saturated rings. The molecule has 2 N–H and O–H groups in total. The van der Waals surface area contributed by atoms with Crippen LogP contribution in [-0.2, 0) is 4.79 Å². The number of pyridine rings is 1. The van der Waals surface area contributed by atoms with Crippen molar-refractivity contribution in [2.75, 3.05) is 13.1 Å². The SMILES string of the molecule is CCN1C(=O)CC(CN)C1c1ccncc1. The number of hydrogen-bond acceptors (Lipinski definition) is 3. The first kappa shape index (κ1) is 11.1. The molecule has 0 aromatic carbocycles. The molecular weight excluding hydrogens is 202 g/mol. The van der Waals surface area contributed by atoms with E-state index in [1.807, 2.05) is 24.0 Å². The van der Waals surface area contributed by atoms with Crippen LogP contribution in [0.5, 0.6) is 0 Å². The number of rotatable bonds is 3. The van der Waals surface area contributed by atoms with Gasteiger partial charge in [-0.1, -0.05) is 0 Å². The van der Waals surface area contributed by atoms with Gasteiger partial charge < -0.3 is 10.6 Å². The van der Waals surface area contributed by atoms with E-state index in [1.165, 1.54) is 0 Å². The van der Waals surface area contributed by atoms with Crippen molar-refractivity contribution in [1.29, 1.82) is 0 Å². The van der Waals surface area contributed by atoms with E-state index in [2.05, 4.69) is 4.98 Å². The first-order chi connectivity index (χ1) is 7.77. The highest BCUT2D eigenvalue weighted by atomic mass is 16.2. The summed E-state index contributed by atoms with van der Waals surface area (Å²) >= 11 is 0. The molecule has 1 aromatic rings. The average Bonchev–Trinajstić information content (AvgIpc) is 2.66. The zero-order valence-corrected chi connectivity index (χ0v) is 9.47. The standard InChI is InChI=1S/C12H17N3O/c1-2-15-11(16)7-10(8-13)12(15)9-3-5-14-6-4-9/h3-6,10,12H,2,7-8,13H2,1H3. The van der Waals surface area contributed by atoms with Gasteiger partial charge in [-0.05, 0) is 31.2 Å². The molecule has 2 rings (SSSR count). The number of amides is 1. The Kier molecular flexibility index (Phi) is 3.19. The summed E-state index contributed by atoms with van der Waals surface area (Å²) in [7, 11) is 0. The number of likely N-dealkylation sites (tertiary alicyclic amines) is 1. The predicted octanol–water partition coefficient (Wildman–Crippen LogP) is 0.950. The number of aromatic nitrogens is 1. The van der Waals surface area contributed by atoms with Crippen LogP contribution in [0.15, 0.2) is 24.5 Å².